The Morgan fingerprint density at radius 2 is 1.64 bits per heavy atom. The summed E-state index contributed by atoms with van der Waals surface area (Å²) in [5.41, 5.74) is 3.41. The molecule has 6 nitrogen and oxygen atoms in total. The summed E-state index contributed by atoms with van der Waals surface area (Å²) in [6, 6.07) is 19.6. The van der Waals surface area contributed by atoms with Crippen LogP contribution in [0.1, 0.15) is 16.2 Å². The van der Waals surface area contributed by atoms with Crippen LogP contribution in [0.5, 0.6) is 5.75 Å². The van der Waals surface area contributed by atoms with Gasteiger partial charge in [-0.1, -0.05) is 30.3 Å². The molecule has 28 heavy (non-hydrogen) atoms. The minimum Gasteiger partial charge on any atom is -0.495 e. The van der Waals surface area contributed by atoms with Crippen LogP contribution in [0.2, 0.25) is 0 Å². The van der Waals surface area contributed by atoms with Crippen LogP contribution in [0.15, 0.2) is 60.7 Å². The van der Waals surface area contributed by atoms with E-state index in [1.54, 1.807) is 11.8 Å². The monoisotopic (exact) mass is 376 g/mol. The lowest BCUT2D eigenvalue weighted by molar-refractivity contribution is 0.0737. The summed E-state index contributed by atoms with van der Waals surface area (Å²) in [4.78, 5) is 17.4. The van der Waals surface area contributed by atoms with Gasteiger partial charge in [0.1, 0.15) is 11.4 Å². The van der Waals surface area contributed by atoms with Crippen molar-refractivity contribution in [2.75, 3.05) is 38.2 Å². The van der Waals surface area contributed by atoms with Gasteiger partial charge in [0.05, 0.1) is 24.2 Å². The standard InChI is InChI=1S/C22H24N4O2/c1-17-16-20(26(23-17)18-8-4-3-5-9-18)22(27)25-14-12-24(13-15-25)19-10-6-7-11-21(19)28-2/h3-11,16H,12-15H2,1-2H3. The molecular formula is C22H24N4O2. The molecule has 3 aromatic rings. The molecule has 0 N–H and O–H groups in total. The van der Waals surface area contributed by atoms with Gasteiger partial charge in [-0.05, 0) is 37.3 Å². The van der Waals surface area contributed by atoms with E-state index >= 15 is 0 Å². The van der Waals surface area contributed by atoms with Crippen molar-refractivity contribution in [2.24, 2.45) is 0 Å². The molecule has 1 amide bonds. The van der Waals surface area contributed by atoms with Crippen molar-refractivity contribution in [1.82, 2.24) is 14.7 Å². The van der Waals surface area contributed by atoms with E-state index in [0.29, 0.717) is 18.8 Å². The summed E-state index contributed by atoms with van der Waals surface area (Å²) in [5, 5.41) is 4.52. The molecule has 6 heteroatoms. The number of rotatable bonds is 4. The number of piperazine rings is 1. The topological polar surface area (TPSA) is 50.6 Å². The maximum Gasteiger partial charge on any atom is 0.272 e. The number of anilines is 1. The predicted molar refractivity (Wildman–Crippen MR) is 109 cm³/mol. The number of aryl methyl sites for hydroxylation is 1. The number of ether oxygens (including phenoxy) is 1. The van der Waals surface area contributed by atoms with Gasteiger partial charge in [-0.25, -0.2) is 4.68 Å². The zero-order valence-electron chi connectivity index (χ0n) is 16.2. The first-order valence-corrected chi connectivity index (χ1v) is 9.46. The highest BCUT2D eigenvalue weighted by molar-refractivity contribution is 5.93. The molecule has 144 valence electrons. The van der Waals surface area contributed by atoms with Gasteiger partial charge in [-0.2, -0.15) is 5.10 Å². The maximum absolute atomic E-state index is 13.2. The van der Waals surface area contributed by atoms with Crippen molar-refractivity contribution in [3.63, 3.8) is 0 Å². The van der Waals surface area contributed by atoms with Crippen LogP contribution >= 0.6 is 0 Å². The third kappa shape index (κ3) is 3.45. The summed E-state index contributed by atoms with van der Waals surface area (Å²) in [6.45, 7) is 4.77. The molecule has 1 aromatic heterocycles. The molecule has 0 spiro atoms. The molecule has 1 aliphatic heterocycles. The van der Waals surface area contributed by atoms with Crippen molar-refractivity contribution < 1.29 is 9.53 Å². The molecule has 1 fully saturated rings. The third-order valence-corrected chi connectivity index (χ3v) is 5.04. The van der Waals surface area contributed by atoms with Crippen molar-refractivity contribution in [3.8, 4) is 11.4 Å². The van der Waals surface area contributed by atoms with Crippen molar-refractivity contribution in [3.05, 3.63) is 72.1 Å². The van der Waals surface area contributed by atoms with Crippen LogP contribution in [0, 0.1) is 6.92 Å². The summed E-state index contributed by atoms with van der Waals surface area (Å²) < 4.78 is 7.22. The average Bonchev–Trinajstić information content (AvgIpc) is 3.15. The molecule has 2 heterocycles. The normalized spacial score (nSPS) is 14.2. The van der Waals surface area contributed by atoms with E-state index in [0.717, 1.165) is 35.9 Å². The second-order valence-corrected chi connectivity index (χ2v) is 6.87. The number of amides is 1. The molecule has 0 unspecified atom stereocenters. The van der Waals surface area contributed by atoms with Gasteiger partial charge in [-0.3, -0.25) is 4.79 Å². The van der Waals surface area contributed by atoms with Crippen molar-refractivity contribution in [1.29, 1.82) is 0 Å². The quantitative estimate of drug-likeness (QED) is 0.702. The SMILES string of the molecule is COc1ccccc1N1CCN(C(=O)c2cc(C)nn2-c2ccccc2)CC1. The van der Waals surface area contributed by atoms with Crippen LogP contribution < -0.4 is 9.64 Å². The van der Waals surface area contributed by atoms with Gasteiger partial charge in [0.15, 0.2) is 0 Å². The van der Waals surface area contributed by atoms with Crippen LogP contribution in [-0.2, 0) is 0 Å². The Morgan fingerprint density at radius 3 is 2.36 bits per heavy atom. The Kier molecular flexibility index (Phi) is 5.02. The average molecular weight is 376 g/mol. The Balaban J connectivity index is 1.51. The number of carbonyl (C=O) groups is 1. The molecule has 4 rings (SSSR count). The number of nitrogens with zero attached hydrogens (tertiary/aromatic N) is 4. The maximum atomic E-state index is 13.2. The van der Waals surface area contributed by atoms with E-state index in [4.69, 9.17) is 4.74 Å². The van der Waals surface area contributed by atoms with Gasteiger partial charge >= 0.3 is 0 Å². The minimum absolute atomic E-state index is 0.0177. The Morgan fingerprint density at radius 1 is 0.964 bits per heavy atom. The van der Waals surface area contributed by atoms with E-state index in [1.807, 2.05) is 66.4 Å². The van der Waals surface area contributed by atoms with E-state index in [-0.39, 0.29) is 5.91 Å². The first-order chi connectivity index (χ1) is 13.7. The van der Waals surface area contributed by atoms with Gasteiger partial charge < -0.3 is 14.5 Å². The number of benzene rings is 2. The number of aromatic nitrogens is 2. The van der Waals surface area contributed by atoms with Gasteiger partial charge in [0, 0.05) is 26.2 Å². The summed E-state index contributed by atoms with van der Waals surface area (Å²) in [6.07, 6.45) is 0. The van der Waals surface area contributed by atoms with Crippen LogP contribution in [0.4, 0.5) is 5.69 Å². The lowest BCUT2D eigenvalue weighted by atomic mass is 10.2. The fourth-order valence-corrected chi connectivity index (χ4v) is 3.62. The molecule has 0 radical (unpaired) electrons. The Bertz CT molecular complexity index is 960. The largest absolute Gasteiger partial charge is 0.495 e. The van der Waals surface area contributed by atoms with Crippen LogP contribution in [-0.4, -0.2) is 53.9 Å². The van der Waals surface area contributed by atoms with E-state index in [1.165, 1.54) is 0 Å². The van der Waals surface area contributed by atoms with E-state index < -0.39 is 0 Å². The predicted octanol–water partition coefficient (Wildman–Crippen LogP) is 3.15. The third-order valence-electron chi connectivity index (χ3n) is 5.04. The van der Waals surface area contributed by atoms with E-state index in [9.17, 15) is 4.79 Å². The van der Waals surface area contributed by atoms with E-state index in [2.05, 4.69) is 16.1 Å². The number of carbonyl (C=O) groups excluding carboxylic acids is 1. The molecule has 0 atom stereocenters. The summed E-state index contributed by atoms with van der Waals surface area (Å²) in [7, 11) is 1.69. The molecule has 1 aliphatic rings. The Labute approximate surface area is 164 Å². The lowest BCUT2D eigenvalue weighted by Gasteiger charge is -2.36. The van der Waals surface area contributed by atoms with Crippen molar-refractivity contribution >= 4 is 11.6 Å². The first kappa shape index (κ1) is 18.1. The van der Waals surface area contributed by atoms with Crippen LogP contribution in [0.25, 0.3) is 5.69 Å². The zero-order valence-corrected chi connectivity index (χ0v) is 16.2. The fraction of sp³-hybridized carbons (Fsp3) is 0.273. The highest BCUT2D eigenvalue weighted by atomic mass is 16.5. The molecule has 0 bridgehead atoms. The van der Waals surface area contributed by atoms with Crippen molar-refractivity contribution in [2.45, 2.75) is 6.92 Å². The smallest absolute Gasteiger partial charge is 0.272 e. The lowest BCUT2D eigenvalue weighted by Crippen LogP contribution is -2.49. The highest BCUT2D eigenvalue weighted by Crippen LogP contribution is 2.28. The number of methoxy groups -OCH3 is 1. The number of hydrogen-bond acceptors (Lipinski definition) is 4. The molecule has 0 saturated carbocycles. The second-order valence-electron chi connectivity index (χ2n) is 6.87. The minimum atomic E-state index is 0.0177. The fourth-order valence-electron chi connectivity index (χ4n) is 3.62. The van der Waals surface area contributed by atoms with Gasteiger partial charge in [0.2, 0.25) is 0 Å². The highest BCUT2D eigenvalue weighted by Gasteiger charge is 2.26. The molecular weight excluding hydrogens is 352 g/mol. The second kappa shape index (κ2) is 7.76. The summed E-state index contributed by atoms with van der Waals surface area (Å²) in [5.74, 6) is 0.879. The van der Waals surface area contributed by atoms with Crippen LogP contribution in [0.3, 0.4) is 0 Å². The first-order valence-electron chi connectivity index (χ1n) is 9.46. The van der Waals surface area contributed by atoms with Gasteiger partial charge in [-0.15, -0.1) is 0 Å². The number of para-hydroxylation sites is 3. The summed E-state index contributed by atoms with van der Waals surface area (Å²) >= 11 is 0. The molecule has 2 aromatic carbocycles. The van der Waals surface area contributed by atoms with Gasteiger partial charge in [0.25, 0.3) is 5.91 Å². The number of hydrogen-bond donors (Lipinski definition) is 0. The zero-order chi connectivity index (χ0) is 19.5. The Hall–Kier alpha value is -3.28. The molecule has 1 saturated heterocycles. The molecule has 0 aliphatic carbocycles.